The molecule has 1 aliphatic rings. The van der Waals surface area contributed by atoms with Crippen LogP contribution in [-0.2, 0) is 9.53 Å². The molecular formula is C16H20O4. The third-order valence-corrected chi connectivity index (χ3v) is 4.21. The minimum Gasteiger partial charge on any atom is -0.478 e. The van der Waals surface area contributed by atoms with Crippen LogP contribution in [0, 0.1) is 12.8 Å². The fourth-order valence-corrected chi connectivity index (χ4v) is 3.01. The fourth-order valence-electron chi connectivity index (χ4n) is 3.01. The Morgan fingerprint density at radius 3 is 2.35 bits per heavy atom. The van der Waals surface area contributed by atoms with Gasteiger partial charge in [0.1, 0.15) is 0 Å². The Morgan fingerprint density at radius 2 is 1.85 bits per heavy atom. The second-order valence-corrected chi connectivity index (χ2v) is 5.45. The van der Waals surface area contributed by atoms with Gasteiger partial charge in [0.2, 0.25) is 0 Å². The summed E-state index contributed by atoms with van der Waals surface area (Å²) in [4.78, 5) is 22.5. The SMILES string of the molecule is COC(=O)C1CCC(c2ccc(C(=O)O)c(C)c2)CC1. The second kappa shape index (κ2) is 6.07. The molecule has 1 N–H and O–H groups in total. The van der Waals surface area contributed by atoms with Crippen LogP contribution in [-0.4, -0.2) is 24.2 Å². The average Bonchev–Trinajstić information content (AvgIpc) is 2.46. The summed E-state index contributed by atoms with van der Waals surface area (Å²) in [6.45, 7) is 1.83. The molecule has 0 spiro atoms. The van der Waals surface area contributed by atoms with Crippen molar-refractivity contribution in [1.82, 2.24) is 0 Å². The summed E-state index contributed by atoms with van der Waals surface area (Å²) in [5.74, 6) is -0.558. The summed E-state index contributed by atoms with van der Waals surface area (Å²) in [7, 11) is 1.43. The van der Waals surface area contributed by atoms with E-state index in [1.807, 2.05) is 19.1 Å². The van der Waals surface area contributed by atoms with Crippen molar-refractivity contribution in [3.63, 3.8) is 0 Å². The zero-order valence-electron chi connectivity index (χ0n) is 11.9. The summed E-state index contributed by atoms with van der Waals surface area (Å²) in [5.41, 5.74) is 2.33. The van der Waals surface area contributed by atoms with E-state index in [0.717, 1.165) is 31.2 Å². The van der Waals surface area contributed by atoms with Crippen molar-refractivity contribution in [3.8, 4) is 0 Å². The molecule has 0 saturated heterocycles. The van der Waals surface area contributed by atoms with Gasteiger partial charge in [0.15, 0.2) is 0 Å². The first kappa shape index (κ1) is 14.6. The Hall–Kier alpha value is -1.84. The number of carbonyl (C=O) groups is 2. The van der Waals surface area contributed by atoms with E-state index in [4.69, 9.17) is 9.84 Å². The third kappa shape index (κ3) is 3.00. The molecule has 0 heterocycles. The van der Waals surface area contributed by atoms with Gasteiger partial charge in [-0.2, -0.15) is 0 Å². The highest BCUT2D eigenvalue weighted by atomic mass is 16.5. The van der Waals surface area contributed by atoms with Gasteiger partial charge in [0.25, 0.3) is 0 Å². The molecule has 108 valence electrons. The van der Waals surface area contributed by atoms with Gasteiger partial charge in [-0.25, -0.2) is 4.79 Å². The Balaban J connectivity index is 2.06. The van der Waals surface area contributed by atoms with Crippen LogP contribution in [0.15, 0.2) is 18.2 Å². The quantitative estimate of drug-likeness (QED) is 0.861. The second-order valence-electron chi connectivity index (χ2n) is 5.45. The lowest BCUT2D eigenvalue weighted by molar-refractivity contribution is -0.146. The molecule has 20 heavy (non-hydrogen) atoms. The molecule has 2 rings (SSSR count). The molecule has 0 aliphatic heterocycles. The Kier molecular flexibility index (Phi) is 4.42. The van der Waals surface area contributed by atoms with Gasteiger partial charge >= 0.3 is 11.9 Å². The largest absolute Gasteiger partial charge is 0.478 e. The maximum absolute atomic E-state index is 11.5. The average molecular weight is 276 g/mol. The van der Waals surface area contributed by atoms with Gasteiger partial charge < -0.3 is 9.84 Å². The first-order chi connectivity index (χ1) is 9.52. The molecule has 0 radical (unpaired) electrons. The smallest absolute Gasteiger partial charge is 0.335 e. The van der Waals surface area contributed by atoms with E-state index in [9.17, 15) is 9.59 Å². The standard InChI is InChI=1S/C16H20O4/c1-10-9-13(7-8-14(10)15(17)18)11-3-5-12(6-4-11)16(19)20-2/h7-9,11-12H,3-6H2,1-2H3,(H,17,18). The zero-order valence-corrected chi connectivity index (χ0v) is 11.9. The van der Waals surface area contributed by atoms with Crippen molar-refractivity contribution in [2.75, 3.05) is 7.11 Å². The van der Waals surface area contributed by atoms with Crippen LogP contribution in [0.4, 0.5) is 0 Å². The first-order valence-electron chi connectivity index (χ1n) is 6.94. The normalized spacial score (nSPS) is 22.3. The van der Waals surface area contributed by atoms with E-state index >= 15 is 0 Å². The van der Waals surface area contributed by atoms with E-state index in [1.165, 1.54) is 12.7 Å². The monoisotopic (exact) mass is 276 g/mol. The highest BCUT2D eigenvalue weighted by Gasteiger charge is 2.27. The van der Waals surface area contributed by atoms with Gasteiger partial charge in [0, 0.05) is 0 Å². The molecule has 1 saturated carbocycles. The van der Waals surface area contributed by atoms with Crippen LogP contribution in [0.1, 0.15) is 53.1 Å². The Labute approximate surface area is 118 Å². The lowest BCUT2D eigenvalue weighted by Gasteiger charge is -2.27. The molecule has 1 aromatic carbocycles. The molecule has 1 aliphatic carbocycles. The number of aromatic carboxylic acids is 1. The van der Waals surface area contributed by atoms with Crippen LogP contribution in [0.5, 0.6) is 0 Å². The zero-order chi connectivity index (χ0) is 14.7. The lowest BCUT2D eigenvalue weighted by Crippen LogP contribution is -2.22. The molecule has 0 atom stereocenters. The highest BCUT2D eigenvalue weighted by Crippen LogP contribution is 2.36. The summed E-state index contributed by atoms with van der Waals surface area (Å²) < 4.78 is 4.79. The predicted octanol–water partition coefficient (Wildman–Crippen LogP) is 3.14. The first-order valence-corrected chi connectivity index (χ1v) is 6.94. The van der Waals surface area contributed by atoms with Crippen LogP contribution < -0.4 is 0 Å². The fraction of sp³-hybridized carbons (Fsp3) is 0.500. The van der Waals surface area contributed by atoms with Crippen LogP contribution in [0.2, 0.25) is 0 Å². The number of carboxylic acids is 1. The molecule has 0 aromatic heterocycles. The molecule has 4 nitrogen and oxygen atoms in total. The summed E-state index contributed by atoms with van der Waals surface area (Å²) in [6.07, 6.45) is 3.59. The van der Waals surface area contributed by atoms with Crippen molar-refractivity contribution in [3.05, 3.63) is 34.9 Å². The summed E-state index contributed by atoms with van der Waals surface area (Å²) in [5, 5.41) is 9.04. The number of rotatable bonds is 3. The Bertz CT molecular complexity index is 513. The Morgan fingerprint density at radius 1 is 1.20 bits per heavy atom. The van der Waals surface area contributed by atoms with Gasteiger partial charge in [-0.3, -0.25) is 4.79 Å². The van der Waals surface area contributed by atoms with Crippen LogP contribution >= 0.6 is 0 Å². The molecule has 1 aromatic rings. The summed E-state index contributed by atoms with van der Waals surface area (Å²) in [6, 6.07) is 5.55. The molecular weight excluding hydrogens is 256 g/mol. The molecule has 1 fully saturated rings. The number of aryl methyl sites for hydroxylation is 1. The third-order valence-electron chi connectivity index (χ3n) is 4.21. The van der Waals surface area contributed by atoms with Gasteiger partial charge in [-0.1, -0.05) is 12.1 Å². The number of ether oxygens (including phenoxy) is 1. The van der Waals surface area contributed by atoms with E-state index in [1.54, 1.807) is 6.07 Å². The van der Waals surface area contributed by atoms with Gasteiger partial charge in [-0.05, 0) is 55.7 Å². The van der Waals surface area contributed by atoms with Crippen molar-refractivity contribution in [2.45, 2.75) is 38.5 Å². The van der Waals surface area contributed by atoms with Crippen molar-refractivity contribution < 1.29 is 19.4 Å². The van der Waals surface area contributed by atoms with Gasteiger partial charge in [0.05, 0.1) is 18.6 Å². The number of carbonyl (C=O) groups excluding carboxylic acids is 1. The van der Waals surface area contributed by atoms with Crippen LogP contribution in [0.3, 0.4) is 0 Å². The van der Waals surface area contributed by atoms with Crippen molar-refractivity contribution in [1.29, 1.82) is 0 Å². The molecule has 0 amide bonds. The highest BCUT2D eigenvalue weighted by molar-refractivity contribution is 5.89. The van der Waals surface area contributed by atoms with E-state index in [0.29, 0.717) is 11.5 Å². The van der Waals surface area contributed by atoms with Crippen molar-refractivity contribution >= 4 is 11.9 Å². The molecule has 0 unspecified atom stereocenters. The topological polar surface area (TPSA) is 63.6 Å². The number of benzene rings is 1. The van der Waals surface area contributed by atoms with E-state index in [-0.39, 0.29) is 11.9 Å². The molecule has 4 heteroatoms. The van der Waals surface area contributed by atoms with Crippen molar-refractivity contribution in [2.24, 2.45) is 5.92 Å². The van der Waals surface area contributed by atoms with Crippen LogP contribution in [0.25, 0.3) is 0 Å². The number of esters is 1. The maximum atomic E-state index is 11.5. The number of hydrogen-bond acceptors (Lipinski definition) is 3. The number of carboxylic acid groups (broad SMARTS) is 1. The number of hydrogen-bond donors (Lipinski definition) is 1. The van der Waals surface area contributed by atoms with E-state index < -0.39 is 5.97 Å². The molecule has 0 bridgehead atoms. The van der Waals surface area contributed by atoms with E-state index in [2.05, 4.69) is 0 Å². The minimum atomic E-state index is -0.886. The lowest BCUT2D eigenvalue weighted by atomic mass is 9.78. The summed E-state index contributed by atoms with van der Waals surface area (Å²) >= 11 is 0. The van der Waals surface area contributed by atoms with Gasteiger partial charge in [-0.15, -0.1) is 0 Å². The number of methoxy groups -OCH3 is 1. The maximum Gasteiger partial charge on any atom is 0.335 e. The predicted molar refractivity (Wildman–Crippen MR) is 74.9 cm³/mol. The minimum absolute atomic E-state index is 0.0237.